The minimum absolute atomic E-state index is 0.287. The van der Waals surface area contributed by atoms with Crippen LogP contribution in [0.3, 0.4) is 0 Å². The van der Waals surface area contributed by atoms with E-state index in [1.807, 2.05) is 6.07 Å². The Labute approximate surface area is 94.8 Å². The zero-order chi connectivity index (χ0) is 10.7. The lowest BCUT2D eigenvalue weighted by molar-refractivity contribution is 0.372. The van der Waals surface area contributed by atoms with Gasteiger partial charge < -0.3 is 10.1 Å². The van der Waals surface area contributed by atoms with Crippen LogP contribution in [-0.4, -0.2) is 18.6 Å². The first kappa shape index (κ1) is 10.7. The minimum Gasteiger partial charge on any atom is -0.496 e. The second-order valence-corrected chi connectivity index (χ2v) is 4.08. The fourth-order valence-electron chi connectivity index (χ4n) is 2.02. The highest BCUT2D eigenvalue weighted by molar-refractivity contribution is 6.30. The first-order valence-electron chi connectivity index (χ1n) is 5.24. The van der Waals surface area contributed by atoms with Crippen LogP contribution in [0.1, 0.15) is 30.9 Å². The number of rotatable bonds is 2. The number of nitrogens with one attached hydrogen (secondary N) is 1. The zero-order valence-corrected chi connectivity index (χ0v) is 9.55. The first-order valence-corrected chi connectivity index (χ1v) is 5.62. The predicted molar refractivity (Wildman–Crippen MR) is 60.4 cm³/mol. The molecule has 1 N–H and O–H groups in total. The van der Waals surface area contributed by atoms with Crippen molar-refractivity contribution in [1.82, 2.24) is 10.3 Å². The molecule has 1 fully saturated rings. The molecule has 0 amide bonds. The zero-order valence-electron chi connectivity index (χ0n) is 8.79. The van der Waals surface area contributed by atoms with Gasteiger partial charge in [-0.1, -0.05) is 18.0 Å². The molecule has 2 rings (SSSR count). The van der Waals surface area contributed by atoms with Gasteiger partial charge in [-0.25, -0.2) is 4.98 Å². The molecule has 0 spiro atoms. The summed E-state index contributed by atoms with van der Waals surface area (Å²) in [4.78, 5) is 4.11. The summed E-state index contributed by atoms with van der Waals surface area (Å²) in [5, 5.41) is 4.00. The number of nitrogens with zero attached hydrogens (tertiary/aromatic N) is 1. The molecule has 1 aromatic rings. The van der Waals surface area contributed by atoms with E-state index in [9.17, 15) is 0 Å². The van der Waals surface area contributed by atoms with Crippen molar-refractivity contribution in [2.75, 3.05) is 13.7 Å². The number of aromatic nitrogens is 1. The van der Waals surface area contributed by atoms with E-state index in [1.165, 1.54) is 12.8 Å². The molecule has 1 atom stereocenters. The third-order valence-corrected chi connectivity index (χ3v) is 3.08. The Bertz CT molecular complexity index is 337. The summed E-state index contributed by atoms with van der Waals surface area (Å²) in [5.74, 6) is 0.828. The second kappa shape index (κ2) is 4.81. The van der Waals surface area contributed by atoms with Gasteiger partial charge in [0.25, 0.3) is 0 Å². The van der Waals surface area contributed by atoms with Gasteiger partial charge >= 0.3 is 0 Å². The smallest absolute Gasteiger partial charge is 0.137 e. The molecule has 2 heterocycles. The average Bonchev–Trinajstić information content (AvgIpc) is 2.29. The van der Waals surface area contributed by atoms with Crippen LogP contribution in [-0.2, 0) is 0 Å². The Balaban J connectivity index is 2.31. The Morgan fingerprint density at radius 2 is 2.40 bits per heavy atom. The van der Waals surface area contributed by atoms with Gasteiger partial charge in [0.1, 0.15) is 10.9 Å². The molecule has 0 radical (unpaired) electrons. The lowest BCUT2D eigenvalue weighted by Crippen LogP contribution is -2.27. The molecule has 4 heteroatoms. The third kappa shape index (κ3) is 2.24. The molecule has 0 bridgehead atoms. The highest BCUT2D eigenvalue weighted by Gasteiger charge is 2.21. The van der Waals surface area contributed by atoms with Crippen molar-refractivity contribution >= 4 is 11.6 Å². The summed E-state index contributed by atoms with van der Waals surface area (Å²) < 4.78 is 5.31. The fourth-order valence-corrected chi connectivity index (χ4v) is 2.30. The number of hydrogen-bond acceptors (Lipinski definition) is 3. The molecule has 82 valence electrons. The topological polar surface area (TPSA) is 34.1 Å². The van der Waals surface area contributed by atoms with Crippen molar-refractivity contribution in [1.29, 1.82) is 0 Å². The summed E-state index contributed by atoms with van der Waals surface area (Å²) in [5.41, 5.74) is 1.00. The molecular weight excluding hydrogens is 212 g/mol. The maximum Gasteiger partial charge on any atom is 0.137 e. The van der Waals surface area contributed by atoms with E-state index in [0.29, 0.717) is 5.15 Å². The molecule has 0 aliphatic carbocycles. The van der Waals surface area contributed by atoms with Crippen molar-refractivity contribution in [3.8, 4) is 5.75 Å². The second-order valence-electron chi connectivity index (χ2n) is 3.72. The largest absolute Gasteiger partial charge is 0.496 e. The molecule has 15 heavy (non-hydrogen) atoms. The minimum atomic E-state index is 0.287. The maximum absolute atomic E-state index is 6.11. The normalized spacial score (nSPS) is 21.3. The Kier molecular flexibility index (Phi) is 3.44. The van der Waals surface area contributed by atoms with Crippen LogP contribution in [0.4, 0.5) is 0 Å². The van der Waals surface area contributed by atoms with Crippen LogP contribution in [0.5, 0.6) is 5.75 Å². The van der Waals surface area contributed by atoms with E-state index >= 15 is 0 Å². The van der Waals surface area contributed by atoms with E-state index in [4.69, 9.17) is 16.3 Å². The van der Waals surface area contributed by atoms with Gasteiger partial charge in [-0.3, -0.25) is 0 Å². The van der Waals surface area contributed by atoms with Gasteiger partial charge in [-0.2, -0.15) is 0 Å². The van der Waals surface area contributed by atoms with Crippen molar-refractivity contribution < 1.29 is 4.74 Å². The summed E-state index contributed by atoms with van der Waals surface area (Å²) in [7, 11) is 1.66. The van der Waals surface area contributed by atoms with Crippen LogP contribution < -0.4 is 10.1 Å². The first-order chi connectivity index (χ1) is 7.33. The average molecular weight is 227 g/mol. The van der Waals surface area contributed by atoms with Crippen molar-refractivity contribution in [3.05, 3.63) is 23.0 Å². The summed E-state index contributed by atoms with van der Waals surface area (Å²) in [6.07, 6.45) is 5.23. The third-order valence-electron chi connectivity index (χ3n) is 2.78. The van der Waals surface area contributed by atoms with Gasteiger partial charge in [0.15, 0.2) is 0 Å². The molecule has 1 aliphatic rings. The van der Waals surface area contributed by atoms with Crippen molar-refractivity contribution in [2.24, 2.45) is 0 Å². The Hall–Kier alpha value is -0.800. The highest BCUT2D eigenvalue weighted by atomic mass is 35.5. The number of ether oxygens (including phenoxy) is 1. The van der Waals surface area contributed by atoms with E-state index in [1.54, 1.807) is 13.3 Å². The summed E-state index contributed by atoms with van der Waals surface area (Å²) >= 11 is 6.11. The predicted octanol–water partition coefficient (Wildman–Crippen LogP) is 2.56. The SMILES string of the molecule is COc1ccnc(Cl)c1C1CCCCN1. The van der Waals surface area contributed by atoms with Gasteiger partial charge in [0.2, 0.25) is 0 Å². The molecule has 1 aliphatic heterocycles. The molecule has 1 unspecified atom stereocenters. The van der Waals surface area contributed by atoms with Crippen LogP contribution in [0.2, 0.25) is 5.15 Å². The van der Waals surface area contributed by atoms with E-state index in [0.717, 1.165) is 24.3 Å². The number of pyridine rings is 1. The van der Waals surface area contributed by atoms with Gasteiger partial charge in [0.05, 0.1) is 7.11 Å². The monoisotopic (exact) mass is 226 g/mol. The molecule has 0 saturated carbocycles. The van der Waals surface area contributed by atoms with Crippen LogP contribution in [0.15, 0.2) is 12.3 Å². The molecular formula is C11H15ClN2O. The Morgan fingerprint density at radius 1 is 1.53 bits per heavy atom. The van der Waals surface area contributed by atoms with E-state index in [-0.39, 0.29) is 6.04 Å². The molecule has 3 nitrogen and oxygen atoms in total. The van der Waals surface area contributed by atoms with Crippen LogP contribution >= 0.6 is 11.6 Å². The van der Waals surface area contributed by atoms with Crippen LogP contribution in [0, 0.1) is 0 Å². The van der Waals surface area contributed by atoms with Gasteiger partial charge in [-0.15, -0.1) is 0 Å². The molecule has 0 aromatic carbocycles. The lowest BCUT2D eigenvalue weighted by atomic mass is 9.98. The summed E-state index contributed by atoms with van der Waals surface area (Å²) in [6.45, 7) is 1.04. The lowest BCUT2D eigenvalue weighted by Gasteiger charge is -2.25. The molecule has 1 saturated heterocycles. The summed E-state index contributed by atoms with van der Waals surface area (Å²) in [6, 6.07) is 2.15. The highest BCUT2D eigenvalue weighted by Crippen LogP contribution is 2.34. The standard InChI is InChI=1S/C11H15ClN2O/c1-15-9-5-7-14-11(12)10(9)8-4-2-3-6-13-8/h5,7-8,13H,2-4,6H2,1H3. The fraction of sp³-hybridized carbons (Fsp3) is 0.545. The number of piperidine rings is 1. The van der Waals surface area contributed by atoms with E-state index < -0.39 is 0 Å². The maximum atomic E-state index is 6.11. The quantitative estimate of drug-likeness (QED) is 0.787. The molecule has 1 aromatic heterocycles. The Morgan fingerprint density at radius 3 is 3.07 bits per heavy atom. The number of hydrogen-bond donors (Lipinski definition) is 1. The van der Waals surface area contributed by atoms with E-state index in [2.05, 4.69) is 10.3 Å². The van der Waals surface area contributed by atoms with Crippen molar-refractivity contribution in [2.45, 2.75) is 25.3 Å². The van der Waals surface area contributed by atoms with Crippen LogP contribution in [0.25, 0.3) is 0 Å². The van der Waals surface area contributed by atoms with Gasteiger partial charge in [0, 0.05) is 17.8 Å². The number of methoxy groups -OCH3 is 1. The van der Waals surface area contributed by atoms with Crippen molar-refractivity contribution in [3.63, 3.8) is 0 Å². The number of halogens is 1. The van der Waals surface area contributed by atoms with Gasteiger partial charge in [-0.05, 0) is 25.5 Å².